The van der Waals surface area contributed by atoms with E-state index >= 15 is 0 Å². The number of amides is 3. The molecule has 48 heavy (non-hydrogen) atoms. The van der Waals surface area contributed by atoms with Gasteiger partial charge >= 0.3 is 12.1 Å². The van der Waals surface area contributed by atoms with Crippen LogP contribution in [0.15, 0.2) is 109 Å². The van der Waals surface area contributed by atoms with Crippen molar-refractivity contribution in [1.29, 1.82) is 0 Å². The third-order valence-electron chi connectivity index (χ3n) is 7.81. The Balaban J connectivity index is 1.14. The summed E-state index contributed by atoms with van der Waals surface area (Å²) in [5.41, 5.74) is 2.63. The summed E-state index contributed by atoms with van der Waals surface area (Å²) in [6.45, 7) is -0.0182. The summed E-state index contributed by atoms with van der Waals surface area (Å²) >= 11 is 0. The van der Waals surface area contributed by atoms with Gasteiger partial charge in [0.15, 0.2) is 0 Å². The number of carbonyl (C=O) groups excluding carboxylic acids is 3. The molecule has 3 aromatic carbocycles. The van der Waals surface area contributed by atoms with Gasteiger partial charge in [0.2, 0.25) is 5.91 Å². The molecule has 5 rings (SSSR count). The van der Waals surface area contributed by atoms with Crippen molar-refractivity contribution in [3.8, 4) is 11.1 Å². The molecule has 1 aromatic heterocycles. The Morgan fingerprint density at radius 3 is 2.33 bits per heavy atom. The first-order valence-electron chi connectivity index (χ1n) is 15.6. The average molecular weight is 652 g/mol. The van der Waals surface area contributed by atoms with Crippen LogP contribution in [-0.2, 0) is 25.7 Å². The zero-order valence-corrected chi connectivity index (χ0v) is 26.2. The molecule has 12 heteroatoms. The summed E-state index contributed by atoms with van der Waals surface area (Å²) in [7, 11) is 0. The minimum absolute atomic E-state index is 0.115. The number of rotatable bonds is 14. The van der Waals surface area contributed by atoms with Crippen LogP contribution in [0.4, 0.5) is 10.6 Å². The van der Waals surface area contributed by atoms with Crippen LogP contribution in [0.3, 0.4) is 0 Å². The topological polar surface area (TPSA) is 159 Å². The second-order valence-corrected chi connectivity index (χ2v) is 11.2. The van der Waals surface area contributed by atoms with Crippen LogP contribution in [0.5, 0.6) is 0 Å². The van der Waals surface area contributed by atoms with Crippen LogP contribution in [0, 0.1) is 0 Å². The summed E-state index contributed by atoms with van der Waals surface area (Å²) in [5, 5.41) is 18.0. The molecule has 4 aromatic rings. The van der Waals surface area contributed by atoms with E-state index in [9.17, 15) is 24.3 Å². The normalized spacial score (nSPS) is 16.0. The van der Waals surface area contributed by atoms with Crippen molar-refractivity contribution in [2.24, 2.45) is 0 Å². The molecular formula is C36H37N5O7. The van der Waals surface area contributed by atoms with Crippen LogP contribution >= 0.6 is 0 Å². The van der Waals surface area contributed by atoms with Gasteiger partial charge < -0.3 is 35.4 Å². The summed E-state index contributed by atoms with van der Waals surface area (Å²) in [5.74, 6) is -1.79. The lowest BCUT2D eigenvalue weighted by atomic mass is 9.99. The van der Waals surface area contributed by atoms with Crippen molar-refractivity contribution < 1.29 is 33.8 Å². The summed E-state index contributed by atoms with van der Waals surface area (Å²) in [6.07, 6.45) is 1.12. The molecular weight excluding hydrogens is 614 g/mol. The third kappa shape index (κ3) is 9.39. The zero-order valence-electron chi connectivity index (χ0n) is 26.2. The summed E-state index contributed by atoms with van der Waals surface area (Å²) in [6, 6.07) is 29.3. The van der Waals surface area contributed by atoms with Gasteiger partial charge in [-0.25, -0.2) is 14.6 Å². The predicted molar refractivity (Wildman–Crippen MR) is 178 cm³/mol. The van der Waals surface area contributed by atoms with Crippen molar-refractivity contribution in [1.82, 2.24) is 20.5 Å². The second kappa shape index (κ2) is 16.7. The van der Waals surface area contributed by atoms with E-state index in [2.05, 4.69) is 20.9 Å². The molecule has 4 N–H and O–H groups in total. The molecule has 248 valence electrons. The number of hydrogen-bond donors (Lipinski definition) is 4. The number of nitrogens with one attached hydrogen (secondary N) is 3. The van der Waals surface area contributed by atoms with Gasteiger partial charge in [-0.1, -0.05) is 84.9 Å². The highest BCUT2D eigenvalue weighted by molar-refractivity contribution is 6.02. The number of anilines is 1. The number of carboxylic acids is 1. The lowest BCUT2D eigenvalue weighted by Gasteiger charge is -2.24. The van der Waals surface area contributed by atoms with Gasteiger partial charge in [0.1, 0.15) is 25.1 Å². The number of carbonyl (C=O) groups is 4. The maximum Gasteiger partial charge on any atom is 0.410 e. The van der Waals surface area contributed by atoms with E-state index in [-0.39, 0.29) is 32.3 Å². The van der Waals surface area contributed by atoms with Crippen LogP contribution in [0.2, 0.25) is 0 Å². The standard InChI is InChI=1S/C36H37N5O7/c42-33(39-21-31(35(44)45)40-34(43)30-16-8-7-15-29(30)26-13-5-2-6-14-26)24-47-28-19-27(20-38-32-17-9-10-18-37-32)41(22-28)36(46)48-23-25-11-3-1-4-12-25/h1-18,27-28,31H,19-24H2,(H,37,38)(H,39,42)(H,40,43)(H,44,45). The van der Waals surface area contributed by atoms with Crippen LogP contribution in [0.1, 0.15) is 22.3 Å². The molecule has 1 aliphatic rings. The molecule has 1 fully saturated rings. The van der Waals surface area contributed by atoms with Crippen molar-refractivity contribution >= 4 is 29.7 Å². The smallest absolute Gasteiger partial charge is 0.410 e. The summed E-state index contributed by atoms with van der Waals surface area (Å²) in [4.78, 5) is 56.8. The van der Waals surface area contributed by atoms with E-state index in [0.717, 1.165) is 11.1 Å². The third-order valence-corrected chi connectivity index (χ3v) is 7.81. The number of aromatic nitrogens is 1. The van der Waals surface area contributed by atoms with E-state index in [4.69, 9.17) is 9.47 Å². The first kappa shape index (κ1) is 33.6. The Kier molecular flexibility index (Phi) is 11.7. The van der Waals surface area contributed by atoms with E-state index in [1.807, 2.05) is 72.8 Å². The van der Waals surface area contributed by atoms with Gasteiger partial charge in [-0.3, -0.25) is 9.59 Å². The molecule has 1 saturated heterocycles. The van der Waals surface area contributed by atoms with Crippen LogP contribution in [-0.4, -0.2) is 83.3 Å². The maximum atomic E-state index is 13.1. The number of ether oxygens (including phenoxy) is 2. The fraction of sp³-hybridized carbons (Fsp3) is 0.250. The number of aliphatic carboxylic acids is 1. The number of nitrogens with zero attached hydrogens (tertiary/aromatic N) is 2. The van der Waals surface area contributed by atoms with E-state index in [0.29, 0.717) is 29.9 Å². The maximum absolute atomic E-state index is 13.1. The second-order valence-electron chi connectivity index (χ2n) is 11.2. The molecule has 2 heterocycles. The zero-order chi connectivity index (χ0) is 33.7. The monoisotopic (exact) mass is 651 g/mol. The molecule has 0 aliphatic carbocycles. The van der Waals surface area contributed by atoms with E-state index in [1.54, 1.807) is 41.4 Å². The fourth-order valence-electron chi connectivity index (χ4n) is 5.35. The Hall–Kier alpha value is -5.75. The predicted octanol–water partition coefficient (Wildman–Crippen LogP) is 3.96. The van der Waals surface area contributed by atoms with Crippen LogP contribution < -0.4 is 16.0 Å². The van der Waals surface area contributed by atoms with E-state index in [1.165, 1.54) is 0 Å². The highest BCUT2D eigenvalue weighted by Gasteiger charge is 2.37. The first-order chi connectivity index (χ1) is 23.4. The van der Waals surface area contributed by atoms with Crippen molar-refractivity contribution in [3.63, 3.8) is 0 Å². The number of benzene rings is 3. The molecule has 0 spiro atoms. The van der Waals surface area contributed by atoms with Gasteiger partial charge in [-0.15, -0.1) is 0 Å². The Labute approximate surface area is 278 Å². The number of carboxylic acid groups (broad SMARTS) is 1. The lowest BCUT2D eigenvalue weighted by molar-refractivity contribution is -0.139. The Morgan fingerprint density at radius 1 is 0.896 bits per heavy atom. The van der Waals surface area contributed by atoms with Gasteiger partial charge in [-0.2, -0.15) is 0 Å². The van der Waals surface area contributed by atoms with E-state index < -0.39 is 36.0 Å². The first-order valence-corrected chi connectivity index (χ1v) is 15.6. The number of pyridine rings is 1. The molecule has 3 unspecified atom stereocenters. The highest BCUT2D eigenvalue weighted by Crippen LogP contribution is 2.24. The number of hydrogen-bond acceptors (Lipinski definition) is 8. The van der Waals surface area contributed by atoms with Gasteiger partial charge in [0.05, 0.1) is 18.7 Å². The van der Waals surface area contributed by atoms with Gasteiger partial charge in [-0.05, 0) is 41.3 Å². The molecule has 3 atom stereocenters. The lowest BCUT2D eigenvalue weighted by Crippen LogP contribution is -2.49. The van der Waals surface area contributed by atoms with Gasteiger partial charge in [0, 0.05) is 24.8 Å². The van der Waals surface area contributed by atoms with Crippen molar-refractivity contribution in [2.75, 3.05) is 31.6 Å². The molecule has 0 saturated carbocycles. The van der Waals surface area contributed by atoms with Crippen LogP contribution in [0.25, 0.3) is 11.1 Å². The van der Waals surface area contributed by atoms with Crippen molar-refractivity contribution in [2.45, 2.75) is 31.2 Å². The Morgan fingerprint density at radius 2 is 1.60 bits per heavy atom. The number of likely N-dealkylation sites (tertiary alicyclic amines) is 1. The minimum Gasteiger partial charge on any atom is -0.480 e. The van der Waals surface area contributed by atoms with Crippen molar-refractivity contribution in [3.05, 3.63) is 120 Å². The fourth-order valence-corrected chi connectivity index (χ4v) is 5.35. The van der Waals surface area contributed by atoms with Gasteiger partial charge in [0.25, 0.3) is 5.91 Å². The largest absolute Gasteiger partial charge is 0.480 e. The molecule has 0 bridgehead atoms. The molecule has 3 amide bonds. The quantitative estimate of drug-likeness (QED) is 0.158. The molecule has 1 aliphatic heterocycles. The minimum atomic E-state index is -1.38. The average Bonchev–Trinajstić information content (AvgIpc) is 3.54. The Bertz CT molecular complexity index is 1670. The highest BCUT2D eigenvalue weighted by atomic mass is 16.6. The summed E-state index contributed by atoms with van der Waals surface area (Å²) < 4.78 is 11.4. The SMILES string of the molecule is O=C(COC1CC(CNc2ccccn2)N(C(=O)OCc2ccccc2)C1)NCC(NC(=O)c1ccccc1-c1ccccc1)C(=O)O. The molecule has 0 radical (unpaired) electrons. The molecule has 12 nitrogen and oxygen atoms in total.